The maximum Gasteiger partial charge on any atom is 0.355 e. The molecule has 0 saturated carbocycles. The molecule has 0 amide bonds. The van der Waals surface area contributed by atoms with Crippen molar-refractivity contribution in [3.05, 3.63) is 87.5 Å². The van der Waals surface area contributed by atoms with Gasteiger partial charge in [0.1, 0.15) is 22.4 Å². The highest BCUT2D eigenvalue weighted by atomic mass is 35.5. The van der Waals surface area contributed by atoms with Gasteiger partial charge in [-0.15, -0.1) is 0 Å². The lowest BCUT2D eigenvalue weighted by atomic mass is 9.81. The fourth-order valence-electron chi connectivity index (χ4n) is 4.36. The second-order valence-corrected chi connectivity index (χ2v) is 8.55. The number of carbonyl (C=O) groups excluding carboxylic acids is 2. The number of aromatic nitrogens is 1. The summed E-state index contributed by atoms with van der Waals surface area (Å²) in [6.45, 7) is 1.86. The van der Waals surface area contributed by atoms with Crippen LogP contribution < -0.4 is 15.4 Å². The largest absolute Gasteiger partial charge is 0.497 e. The van der Waals surface area contributed by atoms with E-state index >= 15 is 0 Å². The fourth-order valence-corrected chi connectivity index (χ4v) is 4.61. The van der Waals surface area contributed by atoms with E-state index < -0.39 is 17.9 Å². The molecular formula is C27H23ClN4O5. The molecule has 0 fully saturated rings. The summed E-state index contributed by atoms with van der Waals surface area (Å²) >= 11 is 6.61. The van der Waals surface area contributed by atoms with Gasteiger partial charge < -0.3 is 19.9 Å². The number of rotatable bonds is 5. The van der Waals surface area contributed by atoms with E-state index in [1.807, 2.05) is 13.0 Å². The lowest BCUT2D eigenvalue weighted by Crippen LogP contribution is -2.40. The van der Waals surface area contributed by atoms with Crippen molar-refractivity contribution in [2.45, 2.75) is 12.8 Å². The number of hydrogen-bond acceptors (Lipinski definition) is 9. The van der Waals surface area contributed by atoms with Crippen LogP contribution in [0.4, 0.5) is 5.69 Å². The molecule has 1 unspecified atom stereocenters. The lowest BCUT2D eigenvalue weighted by molar-refractivity contribution is -0.139. The number of fused-ring (bicyclic) bond motifs is 1. The van der Waals surface area contributed by atoms with Crippen LogP contribution in [0, 0.1) is 18.3 Å². The lowest BCUT2D eigenvalue weighted by Gasteiger charge is -2.36. The average molecular weight is 519 g/mol. The van der Waals surface area contributed by atoms with Gasteiger partial charge in [-0.05, 0) is 48.9 Å². The van der Waals surface area contributed by atoms with Gasteiger partial charge in [0.15, 0.2) is 0 Å². The SMILES string of the molecule is COC(=O)C1=C(C(=O)OC)N(c2cccc(C)c2)C(N)=C(C#N)C1c1cc2cc(OC)ccc2nc1Cl. The smallest absolute Gasteiger partial charge is 0.355 e. The summed E-state index contributed by atoms with van der Waals surface area (Å²) < 4.78 is 15.5. The van der Waals surface area contributed by atoms with Gasteiger partial charge in [-0.3, -0.25) is 4.90 Å². The van der Waals surface area contributed by atoms with Crippen molar-refractivity contribution in [2.24, 2.45) is 5.73 Å². The van der Waals surface area contributed by atoms with E-state index in [2.05, 4.69) is 11.1 Å². The number of halogens is 1. The highest BCUT2D eigenvalue weighted by molar-refractivity contribution is 6.31. The fraction of sp³-hybridized carbons (Fsp3) is 0.185. The Bertz CT molecular complexity index is 1540. The Labute approximate surface area is 218 Å². The van der Waals surface area contributed by atoms with Crippen LogP contribution in [0.5, 0.6) is 5.75 Å². The Morgan fingerprint density at radius 1 is 1.08 bits per heavy atom. The summed E-state index contributed by atoms with van der Waals surface area (Å²) in [7, 11) is 3.89. The van der Waals surface area contributed by atoms with E-state index in [0.717, 1.165) is 5.56 Å². The molecule has 37 heavy (non-hydrogen) atoms. The quantitative estimate of drug-likeness (QED) is 0.392. The number of benzene rings is 2. The van der Waals surface area contributed by atoms with Crippen molar-refractivity contribution in [3.63, 3.8) is 0 Å². The Morgan fingerprint density at radius 2 is 1.81 bits per heavy atom. The number of methoxy groups -OCH3 is 3. The van der Waals surface area contributed by atoms with E-state index in [1.165, 1.54) is 26.2 Å². The third-order valence-corrected chi connectivity index (χ3v) is 6.35. The monoisotopic (exact) mass is 518 g/mol. The standard InChI is InChI=1S/C27H23ClN4O5/c1-14-6-5-7-16(10-14)32-23(27(34)37-4)22(26(33)36-3)21(19(13-29)25(32)30)18-12-15-11-17(35-2)8-9-20(15)31-24(18)28/h5-12,21H,30H2,1-4H3. The zero-order valence-electron chi connectivity index (χ0n) is 20.5. The predicted molar refractivity (Wildman–Crippen MR) is 138 cm³/mol. The van der Waals surface area contributed by atoms with Gasteiger partial charge in [-0.1, -0.05) is 23.7 Å². The number of allylic oxidation sites excluding steroid dienone is 1. The zero-order valence-corrected chi connectivity index (χ0v) is 21.3. The van der Waals surface area contributed by atoms with Gasteiger partial charge in [-0.2, -0.15) is 5.26 Å². The maximum atomic E-state index is 13.3. The molecule has 2 heterocycles. The van der Waals surface area contributed by atoms with Crippen LogP contribution in [0.25, 0.3) is 10.9 Å². The molecule has 188 valence electrons. The molecule has 10 heteroatoms. The molecule has 3 aromatic rings. The highest BCUT2D eigenvalue weighted by Gasteiger charge is 2.44. The van der Waals surface area contributed by atoms with Gasteiger partial charge in [0.25, 0.3) is 0 Å². The third kappa shape index (κ3) is 4.43. The summed E-state index contributed by atoms with van der Waals surface area (Å²) in [5.41, 5.74) is 8.36. The van der Waals surface area contributed by atoms with Crippen molar-refractivity contribution in [2.75, 3.05) is 26.2 Å². The number of carbonyl (C=O) groups is 2. The van der Waals surface area contributed by atoms with E-state index in [4.69, 9.17) is 31.5 Å². The summed E-state index contributed by atoms with van der Waals surface area (Å²) in [4.78, 5) is 32.3. The number of nitrogens with two attached hydrogens (primary N) is 1. The van der Waals surface area contributed by atoms with Crippen molar-refractivity contribution in [3.8, 4) is 11.8 Å². The van der Waals surface area contributed by atoms with E-state index in [0.29, 0.717) is 22.3 Å². The summed E-state index contributed by atoms with van der Waals surface area (Å²) in [5, 5.41) is 10.9. The van der Waals surface area contributed by atoms with Crippen molar-refractivity contribution < 1.29 is 23.8 Å². The van der Waals surface area contributed by atoms with Crippen LogP contribution >= 0.6 is 11.6 Å². The molecule has 2 aromatic carbocycles. The van der Waals surface area contributed by atoms with Crippen LogP contribution in [-0.2, 0) is 19.1 Å². The van der Waals surface area contributed by atoms with Crippen LogP contribution in [0.15, 0.2) is 71.2 Å². The first-order chi connectivity index (χ1) is 17.7. The molecule has 0 aliphatic carbocycles. The van der Waals surface area contributed by atoms with Gasteiger partial charge in [0.2, 0.25) is 0 Å². The number of nitriles is 1. The molecule has 0 bridgehead atoms. The number of ether oxygens (including phenoxy) is 3. The third-order valence-electron chi connectivity index (χ3n) is 6.05. The number of aryl methyl sites for hydroxylation is 1. The Morgan fingerprint density at radius 3 is 2.43 bits per heavy atom. The van der Waals surface area contributed by atoms with Gasteiger partial charge in [0.05, 0.1) is 50.0 Å². The normalized spacial score (nSPS) is 15.5. The number of nitrogens with zero attached hydrogens (tertiary/aromatic N) is 3. The minimum atomic E-state index is -1.16. The molecule has 1 aromatic heterocycles. The van der Waals surface area contributed by atoms with Gasteiger partial charge in [-0.25, -0.2) is 14.6 Å². The number of pyridine rings is 1. The van der Waals surface area contributed by atoms with Gasteiger partial charge in [0, 0.05) is 16.6 Å². The van der Waals surface area contributed by atoms with Crippen molar-refractivity contribution >= 4 is 40.1 Å². The summed E-state index contributed by atoms with van der Waals surface area (Å²) in [6.07, 6.45) is 0. The minimum Gasteiger partial charge on any atom is -0.497 e. The second-order valence-electron chi connectivity index (χ2n) is 8.19. The molecular weight excluding hydrogens is 496 g/mol. The Hall–Kier alpha value is -4.55. The molecule has 0 radical (unpaired) electrons. The number of esters is 2. The maximum absolute atomic E-state index is 13.3. The van der Waals surface area contributed by atoms with E-state index in [9.17, 15) is 14.9 Å². The average Bonchev–Trinajstić information content (AvgIpc) is 2.90. The van der Waals surface area contributed by atoms with E-state index in [-0.39, 0.29) is 33.4 Å². The van der Waals surface area contributed by atoms with Crippen molar-refractivity contribution in [1.29, 1.82) is 5.26 Å². The van der Waals surface area contributed by atoms with Crippen molar-refractivity contribution in [1.82, 2.24) is 4.98 Å². The van der Waals surface area contributed by atoms with Crippen LogP contribution in [-0.4, -0.2) is 38.3 Å². The molecule has 1 aliphatic heterocycles. The molecule has 0 saturated heterocycles. The highest BCUT2D eigenvalue weighted by Crippen LogP contribution is 2.45. The first-order valence-electron chi connectivity index (χ1n) is 11.1. The van der Waals surface area contributed by atoms with Crippen LogP contribution in [0.2, 0.25) is 5.15 Å². The predicted octanol–water partition coefficient (Wildman–Crippen LogP) is 4.10. The molecule has 1 aliphatic rings. The molecule has 2 N–H and O–H groups in total. The van der Waals surface area contributed by atoms with Crippen LogP contribution in [0.3, 0.4) is 0 Å². The van der Waals surface area contributed by atoms with Gasteiger partial charge >= 0.3 is 11.9 Å². The minimum absolute atomic E-state index is 0.0134. The number of anilines is 1. The first kappa shape index (κ1) is 25.5. The van der Waals surface area contributed by atoms with E-state index in [1.54, 1.807) is 42.5 Å². The molecule has 1 atom stereocenters. The molecule has 9 nitrogen and oxygen atoms in total. The first-order valence-corrected chi connectivity index (χ1v) is 11.4. The zero-order chi connectivity index (χ0) is 26.9. The number of hydrogen-bond donors (Lipinski definition) is 1. The summed E-state index contributed by atoms with van der Waals surface area (Å²) in [5.74, 6) is -2.36. The Kier molecular flexibility index (Phi) is 7.05. The topological polar surface area (TPSA) is 128 Å². The summed E-state index contributed by atoms with van der Waals surface area (Å²) in [6, 6.07) is 16.1. The molecule has 4 rings (SSSR count). The Balaban J connectivity index is 2.10. The molecule has 0 spiro atoms. The van der Waals surface area contributed by atoms with Crippen LogP contribution in [0.1, 0.15) is 17.0 Å². The second kappa shape index (κ2) is 10.2.